The molecule has 0 spiro atoms. The molecule has 0 fully saturated rings. The van der Waals surface area contributed by atoms with E-state index in [2.05, 4.69) is 20.2 Å². The van der Waals surface area contributed by atoms with Crippen molar-refractivity contribution in [3.8, 4) is 16.5 Å². The quantitative estimate of drug-likeness (QED) is 0.885. The van der Waals surface area contributed by atoms with Crippen molar-refractivity contribution >= 4 is 11.3 Å². The molecule has 19 heavy (non-hydrogen) atoms. The number of hydrogen-bond donors (Lipinski definition) is 1. The van der Waals surface area contributed by atoms with Gasteiger partial charge in [0, 0.05) is 12.5 Å². The molecule has 1 N–H and O–H groups in total. The van der Waals surface area contributed by atoms with E-state index in [4.69, 9.17) is 4.52 Å². The van der Waals surface area contributed by atoms with Gasteiger partial charge in [-0.2, -0.15) is 13.8 Å². The van der Waals surface area contributed by atoms with E-state index in [0.717, 1.165) is 0 Å². The van der Waals surface area contributed by atoms with Crippen LogP contribution in [0.25, 0.3) is 10.8 Å². The van der Waals surface area contributed by atoms with Crippen LogP contribution in [0.3, 0.4) is 0 Å². The summed E-state index contributed by atoms with van der Waals surface area (Å²) in [6, 6.07) is 1.65. The second-order valence-corrected chi connectivity index (χ2v) is 4.82. The first-order valence-corrected chi connectivity index (χ1v) is 6.50. The van der Waals surface area contributed by atoms with Crippen LogP contribution in [0, 0.1) is 0 Å². The summed E-state index contributed by atoms with van der Waals surface area (Å²) in [5.41, 5.74) is 0. The minimum Gasteiger partial charge on any atom is -0.433 e. The highest BCUT2D eigenvalue weighted by Crippen LogP contribution is 2.35. The Hall–Kier alpha value is -1.54. The highest BCUT2D eigenvalue weighted by atomic mass is 32.1. The zero-order chi connectivity index (χ0) is 13.8. The van der Waals surface area contributed by atoms with Crippen LogP contribution in [-0.4, -0.2) is 29.8 Å². The van der Waals surface area contributed by atoms with E-state index in [1.165, 1.54) is 17.4 Å². The van der Waals surface area contributed by atoms with Gasteiger partial charge in [0.2, 0.25) is 0 Å². The number of ether oxygens (including phenoxy) is 1. The molecule has 2 heterocycles. The van der Waals surface area contributed by atoms with Gasteiger partial charge in [-0.1, -0.05) is 5.16 Å². The topological polar surface area (TPSA) is 60.2 Å². The number of thiophene rings is 1. The smallest absolute Gasteiger partial charge is 0.387 e. The van der Waals surface area contributed by atoms with E-state index in [9.17, 15) is 8.78 Å². The second-order valence-electron chi connectivity index (χ2n) is 3.90. The molecule has 0 saturated carbocycles. The first-order valence-electron chi connectivity index (χ1n) is 5.62. The fraction of sp³-hybridized carbons (Fsp3) is 0.455. The van der Waals surface area contributed by atoms with Gasteiger partial charge >= 0.3 is 6.61 Å². The SMILES string of the molecule is CNC(C)Cc1noc(-c2sccc2OC(F)F)n1. The summed E-state index contributed by atoms with van der Waals surface area (Å²) in [5, 5.41) is 8.50. The van der Waals surface area contributed by atoms with Crippen LogP contribution in [0.4, 0.5) is 8.78 Å². The number of hydrogen-bond acceptors (Lipinski definition) is 6. The molecular formula is C11H13F2N3O2S. The Morgan fingerprint density at radius 1 is 1.53 bits per heavy atom. The summed E-state index contributed by atoms with van der Waals surface area (Å²) in [6.45, 7) is -0.896. The summed E-state index contributed by atoms with van der Waals surface area (Å²) in [7, 11) is 1.83. The fourth-order valence-electron chi connectivity index (χ4n) is 1.45. The molecule has 2 aromatic heterocycles. The molecule has 2 aromatic rings. The lowest BCUT2D eigenvalue weighted by Crippen LogP contribution is -2.24. The van der Waals surface area contributed by atoms with E-state index in [1.807, 2.05) is 14.0 Å². The Labute approximate surface area is 112 Å². The maximum Gasteiger partial charge on any atom is 0.387 e. The monoisotopic (exact) mass is 289 g/mol. The summed E-state index contributed by atoms with van der Waals surface area (Å²) < 4.78 is 33.9. The van der Waals surface area contributed by atoms with Crippen LogP contribution in [0.15, 0.2) is 16.0 Å². The Morgan fingerprint density at radius 3 is 3.00 bits per heavy atom. The number of halogens is 2. The molecule has 8 heteroatoms. The van der Waals surface area contributed by atoms with Crippen molar-refractivity contribution in [2.24, 2.45) is 0 Å². The van der Waals surface area contributed by atoms with Crippen LogP contribution in [0.5, 0.6) is 5.75 Å². The summed E-state index contributed by atoms with van der Waals surface area (Å²) in [6.07, 6.45) is 0.594. The van der Waals surface area contributed by atoms with Crippen molar-refractivity contribution in [3.05, 3.63) is 17.3 Å². The normalized spacial score (nSPS) is 12.9. The average Bonchev–Trinajstić information content (AvgIpc) is 2.97. The van der Waals surface area contributed by atoms with Gasteiger partial charge in [-0.05, 0) is 25.4 Å². The Balaban J connectivity index is 2.16. The Bertz CT molecular complexity index is 529. The van der Waals surface area contributed by atoms with Crippen LogP contribution in [0.2, 0.25) is 0 Å². The third kappa shape index (κ3) is 3.48. The first-order chi connectivity index (χ1) is 9.10. The minimum absolute atomic E-state index is 0.0527. The van der Waals surface area contributed by atoms with Crippen molar-refractivity contribution in [2.75, 3.05) is 7.05 Å². The molecule has 0 saturated heterocycles. The molecule has 0 aliphatic heterocycles. The van der Waals surface area contributed by atoms with E-state index in [0.29, 0.717) is 17.1 Å². The van der Waals surface area contributed by atoms with Crippen molar-refractivity contribution in [3.63, 3.8) is 0 Å². The van der Waals surface area contributed by atoms with Crippen molar-refractivity contribution in [1.29, 1.82) is 0 Å². The van der Waals surface area contributed by atoms with Crippen LogP contribution in [0.1, 0.15) is 12.7 Å². The average molecular weight is 289 g/mol. The Kier molecular flexibility index (Phi) is 4.43. The molecule has 0 bridgehead atoms. The zero-order valence-electron chi connectivity index (χ0n) is 10.4. The number of alkyl halides is 2. The number of nitrogens with zero attached hydrogens (tertiary/aromatic N) is 2. The maximum absolute atomic E-state index is 12.2. The summed E-state index contributed by atoms with van der Waals surface area (Å²) in [5.74, 6) is 0.772. The molecule has 0 aliphatic rings. The second kappa shape index (κ2) is 6.07. The molecule has 2 rings (SSSR count). The van der Waals surface area contributed by atoms with Gasteiger partial charge in [0.05, 0.1) is 0 Å². The van der Waals surface area contributed by atoms with Gasteiger partial charge in [-0.3, -0.25) is 0 Å². The van der Waals surface area contributed by atoms with Crippen LogP contribution in [-0.2, 0) is 6.42 Å². The summed E-state index contributed by atoms with van der Waals surface area (Å²) >= 11 is 1.21. The molecule has 5 nitrogen and oxygen atoms in total. The van der Waals surface area contributed by atoms with Gasteiger partial charge in [0.25, 0.3) is 5.89 Å². The molecular weight excluding hydrogens is 276 g/mol. The van der Waals surface area contributed by atoms with E-state index in [1.54, 1.807) is 5.38 Å². The van der Waals surface area contributed by atoms with Gasteiger partial charge in [0.15, 0.2) is 5.82 Å². The Morgan fingerprint density at radius 2 is 2.32 bits per heavy atom. The molecule has 1 unspecified atom stereocenters. The van der Waals surface area contributed by atoms with Gasteiger partial charge in [0.1, 0.15) is 10.6 Å². The fourth-order valence-corrected chi connectivity index (χ4v) is 2.19. The van der Waals surface area contributed by atoms with E-state index < -0.39 is 6.61 Å². The number of nitrogens with one attached hydrogen (secondary N) is 1. The lowest BCUT2D eigenvalue weighted by atomic mass is 10.2. The predicted molar refractivity (Wildman–Crippen MR) is 66.5 cm³/mol. The van der Waals surface area contributed by atoms with Crippen molar-refractivity contribution in [1.82, 2.24) is 15.5 Å². The van der Waals surface area contributed by atoms with E-state index in [-0.39, 0.29) is 17.7 Å². The first kappa shape index (κ1) is 13.9. The van der Waals surface area contributed by atoms with E-state index >= 15 is 0 Å². The number of rotatable bonds is 6. The van der Waals surface area contributed by atoms with Gasteiger partial charge < -0.3 is 14.6 Å². The largest absolute Gasteiger partial charge is 0.433 e. The van der Waals surface area contributed by atoms with Gasteiger partial charge in [-0.15, -0.1) is 11.3 Å². The van der Waals surface area contributed by atoms with Crippen molar-refractivity contribution < 1.29 is 18.0 Å². The lowest BCUT2D eigenvalue weighted by molar-refractivity contribution is -0.0492. The maximum atomic E-state index is 12.2. The molecule has 0 amide bonds. The third-order valence-electron chi connectivity index (χ3n) is 2.49. The van der Waals surface area contributed by atoms with Crippen LogP contribution >= 0.6 is 11.3 Å². The summed E-state index contributed by atoms with van der Waals surface area (Å²) in [4.78, 5) is 4.59. The van der Waals surface area contributed by atoms with Crippen molar-refractivity contribution in [2.45, 2.75) is 26.0 Å². The number of likely N-dealkylation sites (N-methyl/N-ethyl adjacent to an activating group) is 1. The van der Waals surface area contributed by atoms with Gasteiger partial charge in [-0.25, -0.2) is 0 Å². The number of aromatic nitrogens is 2. The predicted octanol–water partition coefficient (Wildman–Crippen LogP) is 2.55. The molecule has 1 atom stereocenters. The standard InChI is InChI=1S/C11H13F2N3O2S/c1-6(14-2)5-8-15-10(18-16-8)9-7(3-4-19-9)17-11(12)13/h3-4,6,11,14H,5H2,1-2H3. The third-order valence-corrected chi connectivity index (χ3v) is 3.37. The van der Waals surface area contributed by atoms with Crippen LogP contribution < -0.4 is 10.1 Å². The molecule has 0 radical (unpaired) electrons. The lowest BCUT2D eigenvalue weighted by Gasteiger charge is -2.04. The molecule has 0 aromatic carbocycles. The molecule has 104 valence electrons. The minimum atomic E-state index is -2.87. The highest BCUT2D eigenvalue weighted by Gasteiger charge is 2.18. The zero-order valence-corrected chi connectivity index (χ0v) is 11.2. The molecule has 0 aliphatic carbocycles. The highest BCUT2D eigenvalue weighted by molar-refractivity contribution is 7.13.